The molecule has 162 valence electrons. The Kier molecular flexibility index (Phi) is 7.64. The van der Waals surface area contributed by atoms with Gasteiger partial charge in [-0.3, -0.25) is 9.36 Å². The second kappa shape index (κ2) is 11.0. The lowest BCUT2D eigenvalue weighted by Gasteiger charge is -2.10. The number of nitrogens with zero attached hydrogens (tertiary/aromatic N) is 3. The number of amides is 1. The summed E-state index contributed by atoms with van der Waals surface area (Å²) >= 11 is 3.10. The molecule has 1 N–H and O–H groups in total. The number of nitrogens with one attached hydrogen (secondary N) is 1. The molecule has 7 heteroatoms. The number of thioether (sulfide) groups is 2. The number of hydrogen-bond donors (Lipinski definition) is 1. The molecule has 0 aliphatic rings. The van der Waals surface area contributed by atoms with Gasteiger partial charge in [-0.25, -0.2) is 0 Å². The molecule has 3 aromatic carbocycles. The summed E-state index contributed by atoms with van der Waals surface area (Å²) in [6.45, 7) is 2.11. The highest BCUT2D eigenvalue weighted by Crippen LogP contribution is 2.27. The number of anilines is 1. The molecule has 0 aliphatic heterocycles. The number of rotatable bonds is 9. The predicted octanol–water partition coefficient (Wildman–Crippen LogP) is 5.85. The van der Waals surface area contributed by atoms with Crippen molar-refractivity contribution >= 4 is 35.1 Å². The van der Waals surface area contributed by atoms with Crippen molar-refractivity contribution in [3.05, 3.63) is 96.3 Å². The zero-order chi connectivity index (χ0) is 22.2. The van der Waals surface area contributed by atoms with E-state index in [2.05, 4.69) is 34.6 Å². The number of carbonyl (C=O) groups excluding carboxylic acids is 1. The van der Waals surface area contributed by atoms with Gasteiger partial charge in [-0.05, 0) is 48.4 Å². The van der Waals surface area contributed by atoms with Crippen LogP contribution in [0.15, 0.2) is 95.0 Å². The van der Waals surface area contributed by atoms with Crippen LogP contribution >= 0.6 is 23.5 Å². The van der Waals surface area contributed by atoms with Crippen LogP contribution < -0.4 is 5.32 Å². The number of benzene rings is 3. The maximum absolute atomic E-state index is 12.5. The van der Waals surface area contributed by atoms with Gasteiger partial charge in [0, 0.05) is 16.3 Å². The molecule has 0 spiro atoms. The summed E-state index contributed by atoms with van der Waals surface area (Å²) in [6, 6.07) is 28.2. The Bertz CT molecular complexity index is 1150. The molecule has 4 aromatic rings. The maximum atomic E-state index is 12.5. The Morgan fingerprint density at radius 2 is 1.56 bits per heavy atom. The second-order valence-corrected chi connectivity index (χ2v) is 9.05. The minimum Gasteiger partial charge on any atom is -0.325 e. The molecule has 0 radical (unpaired) electrons. The van der Waals surface area contributed by atoms with E-state index in [9.17, 15) is 4.79 Å². The van der Waals surface area contributed by atoms with Gasteiger partial charge in [0.25, 0.3) is 0 Å². The van der Waals surface area contributed by atoms with Crippen LogP contribution in [-0.4, -0.2) is 26.4 Å². The summed E-state index contributed by atoms with van der Waals surface area (Å²) in [4.78, 5) is 13.7. The monoisotopic (exact) mass is 460 g/mol. The van der Waals surface area contributed by atoms with E-state index in [1.807, 2.05) is 77.4 Å². The first-order chi connectivity index (χ1) is 15.7. The molecule has 0 saturated carbocycles. The molecule has 0 aliphatic carbocycles. The first-order valence-electron chi connectivity index (χ1n) is 10.4. The van der Waals surface area contributed by atoms with Crippen molar-refractivity contribution in [1.82, 2.24) is 14.8 Å². The summed E-state index contributed by atoms with van der Waals surface area (Å²) in [5.74, 6) is 1.72. The van der Waals surface area contributed by atoms with Crippen molar-refractivity contribution in [2.24, 2.45) is 0 Å². The Hall–Kier alpha value is -3.03. The molecule has 0 saturated heterocycles. The van der Waals surface area contributed by atoms with E-state index in [4.69, 9.17) is 0 Å². The highest BCUT2D eigenvalue weighted by Gasteiger charge is 2.16. The van der Waals surface area contributed by atoms with E-state index < -0.39 is 0 Å². The van der Waals surface area contributed by atoms with Gasteiger partial charge in [0.15, 0.2) is 5.16 Å². The van der Waals surface area contributed by atoms with Crippen molar-refractivity contribution in [2.75, 3.05) is 11.1 Å². The zero-order valence-corrected chi connectivity index (χ0v) is 19.4. The van der Waals surface area contributed by atoms with Crippen LogP contribution in [0, 0.1) is 0 Å². The summed E-state index contributed by atoms with van der Waals surface area (Å²) in [5, 5.41) is 12.5. The highest BCUT2D eigenvalue weighted by molar-refractivity contribution is 7.99. The number of aromatic nitrogens is 3. The summed E-state index contributed by atoms with van der Waals surface area (Å²) < 4.78 is 2.03. The lowest BCUT2D eigenvalue weighted by molar-refractivity contribution is -0.113. The molecule has 4 rings (SSSR count). The Labute approximate surface area is 196 Å². The quantitative estimate of drug-likeness (QED) is 0.317. The van der Waals surface area contributed by atoms with Gasteiger partial charge in [0.2, 0.25) is 5.91 Å². The van der Waals surface area contributed by atoms with E-state index in [1.165, 1.54) is 22.2 Å². The summed E-state index contributed by atoms with van der Waals surface area (Å²) in [6.07, 6.45) is 0.976. The lowest BCUT2D eigenvalue weighted by Crippen LogP contribution is -2.14. The van der Waals surface area contributed by atoms with Gasteiger partial charge in [0.05, 0.1) is 11.5 Å². The first-order valence-corrected chi connectivity index (χ1v) is 12.4. The van der Waals surface area contributed by atoms with E-state index >= 15 is 0 Å². The van der Waals surface area contributed by atoms with Crippen molar-refractivity contribution < 1.29 is 4.79 Å². The van der Waals surface area contributed by atoms with Crippen molar-refractivity contribution in [3.8, 4) is 5.69 Å². The van der Waals surface area contributed by atoms with Crippen molar-refractivity contribution in [1.29, 1.82) is 0 Å². The van der Waals surface area contributed by atoms with Crippen LogP contribution in [0.5, 0.6) is 0 Å². The maximum Gasteiger partial charge on any atom is 0.234 e. The smallest absolute Gasteiger partial charge is 0.234 e. The SMILES string of the molecule is CCc1ccc(NC(=O)CSc2nnc(CSc3ccccc3)n2-c2ccccc2)cc1. The average molecular weight is 461 g/mol. The molecule has 0 fully saturated rings. The molecule has 0 atom stereocenters. The van der Waals surface area contributed by atoms with Gasteiger partial charge in [-0.1, -0.05) is 67.2 Å². The van der Waals surface area contributed by atoms with Gasteiger partial charge in [-0.2, -0.15) is 0 Å². The second-order valence-electron chi connectivity index (χ2n) is 7.06. The largest absolute Gasteiger partial charge is 0.325 e. The van der Waals surface area contributed by atoms with Gasteiger partial charge >= 0.3 is 0 Å². The van der Waals surface area contributed by atoms with E-state index in [0.717, 1.165) is 23.6 Å². The average Bonchev–Trinajstić information content (AvgIpc) is 3.26. The van der Waals surface area contributed by atoms with Gasteiger partial charge in [-0.15, -0.1) is 22.0 Å². The highest BCUT2D eigenvalue weighted by atomic mass is 32.2. The minimum absolute atomic E-state index is 0.0675. The van der Waals surface area contributed by atoms with Crippen LogP contribution in [0.25, 0.3) is 5.69 Å². The van der Waals surface area contributed by atoms with Crippen molar-refractivity contribution in [2.45, 2.75) is 29.1 Å². The lowest BCUT2D eigenvalue weighted by atomic mass is 10.1. The fourth-order valence-corrected chi connectivity index (χ4v) is 4.74. The Balaban J connectivity index is 1.46. The van der Waals surface area contributed by atoms with Crippen LogP contribution in [0.1, 0.15) is 18.3 Å². The topological polar surface area (TPSA) is 59.8 Å². The number of para-hydroxylation sites is 1. The van der Waals surface area contributed by atoms with Gasteiger partial charge < -0.3 is 5.32 Å². The van der Waals surface area contributed by atoms with Crippen LogP contribution in [0.3, 0.4) is 0 Å². The van der Waals surface area contributed by atoms with E-state index in [0.29, 0.717) is 10.9 Å². The molecule has 0 bridgehead atoms. The van der Waals surface area contributed by atoms with Gasteiger partial charge in [0.1, 0.15) is 5.82 Å². The molecular formula is C25H24N4OS2. The minimum atomic E-state index is -0.0675. The zero-order valence-electron chi connectivity index (χ0n) is 17.8. The first kappa shape index (κ1) is 22.2. The molecule has 5 nitrogen and oxygen atoms in total. The predicted molar refractivity (Wildman–Crippen MR) is 133 cm³/mol. The third-order valence-electron chi connectivity index (χ3n) is 4.80. The molecule has 1 amide bonds. The summed E-state index contributed by atoms with van der Waals surface area (Å²) in [5.41, 5.74) is 3.03. The third-order valence-corrected chi connectivity index (χ3v) is 6.74. The Morgan fingerprint density at radius 1 is 0.875 bits per heavy atom. The van der Waals surface area contributed by atoms with Crippen molar-refractivity contribution in [3.63, 3.8) is 0 Å². The number of carbonyl (C=O) groups is 1. The van der Waals surface area contributed by atoms with Crippen LogP contribution in [0.2, 0.25) is 0 Å². The van der Waals surface area contributed by atoms with Crippen LogP contribution in [0.4, 0.5) is 5.69 Å². The van der Waals surface area contributed by atoms with Crippen LogP contribution in [-0.2, 0) is 17.0 Å². The molecule has 1 aromatic heterocycles. The number of hydrogen-bond acceptors (Lipinski definition) is 5. The van der Waals surface area contributed by atoms with E-state index in [1.54, 1.807) is 11.8 Å². The normalized spacial score (nSPS) is 10.8. The molecule has 32 heavy (non-hydrogen) atoms. The molecular weight excluding hydrogens is 436 g/mol. The molecule has 1 heterocycles. The van der Waals surface area contributed by atoms with E-state index in [-0.39, 0.29) is 11.7 Å². The fraction of sp³-hybridized carbons (Fsp3) is 0.160. The third kappa shape index (κ3) is 5.81. The standard InChI is InChI=1S/C25H24N4OS2/c1-2-19-13-15-20(16-14-19)26-24(30)18-32-25-28-27-23(17-31-22-11-7-4-8-12-22)29(25)21-9-5-3-6-10-21/h3-16H,2,17-18H2,1H3,(H,26,30). The fourth-order valence-electron chi connectivity index (χ4n) is 3.14. The Morgan fingerprint density at radius 3 is 2.25 bits per heavy atom. The number of aryl methyl sites for hydroxylation is 1. The molecule has 0 unspecified atom stereocenters. The summed E-state index contributed by atoms with van der Waals surface area (Å²) in [7, 11) is 0.